The fourth-order valence-electron chi connectivity index (χ4n) is 1.91. The molecule has 0 saturated heterocycles. The Morgan fingerprint density at radius 1 is 1.19 bits per heavy atom. The van der Waals surface area contributed by atoms with Gasteiger partial charge in [-0.1, -0.05) is 23.2 Å². The number of hydrogen-bond donors (Lipinski definition) is 1. The minimum atomic E-state index is -1.10. The predicted molar refractivity (Wildman–Crippen MR) is 99.7 cm³/mol. The summed E-state index contributed by atoms with van der Waals surface area (Å²) < 4.78 is 10.5. The highest BCUT2D eigenvalue weighted by Gasteiger charge is 2.24. The van der Waals surface area contributed by atoms with Gasteiger partial charge < -0.3 is 14.8 Å². The molecule has 0 aliphatic carbocycles. The Hall–Kier alpha value is -2.82. The summed E-state index contributed by atoms with van der Waals surface area (Å²) in [7, 11) is 0. The molecule has 0 aliphatic heterocycles. The number of esters is 1. The average molecular weight is 408 g/mol. The summed E-state index contributed by atoms with van der Waals surface area (Å²) in [5, 5.41) is 11.7. The van der Waals surface area contributed by atoms with Gasteiger partial charge in [0.1, 0.15) is 5.75 Å². The first-order valence-corrected chi connectivity index (χ1v) is 8.55. The number of benzene rings is 1. The van der Waals surface area contributed by atoms with Crippen LogP contribution in [0.15, 0.2) is 36.5 Å². The predicted octanol–water partition coefficient (Wildman–Crippen LogP) is 3.60. The smallest absolute Gasteiger partial charge is 0.347 e. The quantitative estimate of drug-likeness (QED) is 0.733. The molecule has 1 amide bonds. The highest BCUT2D eigenvalue weighted by molar-refractivity contribution is 6.36. The Morgan fingerprint density at radius 2 is 1.85 bits per heavy atom. The number of nitrogens with one attached hydrogen (secondary N) is 1. The van der Waals surface area contributed by atoms with Crippen LogP contribution in [0.4, 0.5) is 5.82 Å². The monoisotopic (exact) mass is 407 g/mol. The summed E-state index contributed by atoms with van der Waals surface area (Å²) in [6.45, 7) is 2.90. The number of carbonyl (C=O) groups is 2. The maximum Gasteiger partial charge on any atom is 0.347 e. The number of hydrogen-bond acceptors (Lipinski definition) is 6. The highest BCUT2D eigenvalue weighted by Crippen LogP contribution is 2.22. The molecule has 9 heteroatoms. The number of nitrogens with zero attached hydrogens (tertiary/aromatic N) is 2. The summed E-state index contributed by atoms with van der Waals surface area (Å²) >= 11 is 11.7. The van der Waals surface area contributed by atoms with E-state index in [1.165, 1.54) is 26.1 Å². The zero-order valence-electron chi connectivity index (χ0n) is 14.4. The van der Waals surface area contributed by atoms with Crippen molar-refractivity contribution >= 4 is 40.9 Å². The van der Waals surface area contributed by atoms with E-state index in [2.05, 4.69) is 10.3 Å². The Kier molecular flexibility index (Phi) is 6.99. The number of nitriles is 1. The minimum Gasteiger partial charge on any atom is -0.479 e. The summed E-state index contributed by atoms with van der Waals surface area (Å²) in [6, 6.07) is 9.66. The molecule has 0 saturated carbocycles. The van der Waals surface area contributed by atoms with Crippen LogP contribution in [0, 0.1) is 11.3 Å². The van der Waals surface area contributed by atoms with Gasteiger partial charge in [-0.05, 0) is 44.2 Å². The van der Waals surface area contributed by atoms with Crippen LogP contribution in [0.1, 0.15) is 19.4 Å². The van der Waals surface area contributed by atoms with Gasteiger partial charge in [-0.15, -0.1) is 0 Å². The van der Waals surface area contributed by atoms with Crippen molar-refractivity contribution in [3.63, 3.8) is 0 Å². The molecule has 0 unspecified atom stereocenters. The molecule has 140 valence electrons. The van der Waals surface area contributed by atoms with Gasteiger partial charge in [0.15, 0.2) is 18.0 Å². The number of halogens is 2. The van der Waals surface area contributed by atoms with Gasteiger partial charge in [0.05, 0.1) is 21.7 Å². The number of pyridine rings is 1. The van der Waals surface area contributed by atoms with Crippen molar-refractivity contribution in [3.05, 3.63) is 52.1 Å². The molecule has 2 atom stereocenters. The lowest BCUT2D eigenvalue weighted by Gasteiger charge is -2.18. The van der Waals surface area contributed by atoms with Crippen LogP contribution in [-0.4, -0.2) is 29.1 Å². The van der Waals surface area contributed by atoms with Crippen LogP contribution in [-0.2, 0) is 14.3 Å². The normalized spacial score (nSPS) is 12.4. The third kappa shape index (κ3) is 5.84. The second-order valence-electron chi connectivity index (χ2n) is 5.45. The Bertz CT molecular complexity index is 881. The molecule has 1 aromatic carbocycles. The van der Waals surface area contributed by atoms with E-state index in [9.17, 15) is 9.59 Å². The first-order chi connectivity index (χ1) is 12.8. The molecule has 2 rings (SSSR count). The number of ether oxygens (including phenoxy) is 2. The second kappa shape index (κ2) is 9.21. The summed E-state index contributed by atoms with van der Waals surface area (Å²) in [6.07, 6.45) is -0.726. The van der Waals surface area contributed by atoms with E-state index in [0.717, 1.165) is 0 Å². The van der Waals surface area contributed by atoms with Gasteiger partial charge in [0.25, 0.3) is 5.91 Å². The molecule has 0 bridgehead atoms. The van der Waals surface area contributed by atoms with Crippen molar-refractivity contribution in [2.24, 2.45) is 0 Å². The van der Waals surface area contributed by atoms with E-state index < -0.39 is 24.1 Å². The first-order valence-electron chi connectivity index (χ1n) is 7.79. The number of rotatable bonds is 6. The molecule has 0 aliphatic rings. The van der Waals surface area contributed by atoms with E-state index in [1.807, 2.05) is 6.07 Å². The Balaban J connectivity index is 1.91. The van der Waals surface area contributed by atoms with Gasteiger partial charge in [-0.3, -0.25) is 4.79 Å². The first kappa shape index (κ1) is 20.5. The summed E-state index contributed by atoms with van der Waals surface area (Å²) in [5.74, 6) is -0.827. The van der Waals surface area contributed by atoms with Gasteiger partial charge in [-0.25, -0.2) is 9.78 Å². The zero-order chi connectivity index (χ0) is 20.0. The number of aromatic nitrogens is 1. The van der Waals surface area contributed by atoms with E-state index in [1.54, 1.807) is 24.3 Å². The van der Waals surface area contributed by atoms with Crippen molar-refractivity contribution in [2.45, 2.75) is 26.1 Å². The molecule has 1 N–H and O–H groups in total. The molecule has 0 spiro atoms. The Labute approximate surface area is 165 Å². The number of amides is 1. The van der Waals surface area contributed by atoms with Crippen LogP contribution >= 0.6 is 23.2 Å². The third-order valence-corrected chi connectivity index (χ3v) is 3.83. The van der Waals surface area contributed by atoms with Gasteiger partial charge in [0.2, 0.25) is 0 Å². The van der Waals surface area contributed by atoms with Crippen molar-refractivity contribution in [3.8, 4) is 11.8 Å². The van der Waals surface area contributed by atoms with Gasteiger partial charge in [-0.2, -0.15) is 5.26 Å². The van der Waals surface area contributed by atoms with Crippen LogP contribution in [0.25, 0.3) is 0 Å². The topological polar surface area (TPSA) is 101 Å². The molecular formula is C18H15Cl2N3O4. The van der Waals surface area contributed by atoms with Crippen molar-refractivity contribution in [1.29, 1.82) is 5.26 Å². The lowest BCUT2D eigenvalue weighted by molar-refractivity contribution is -0.159. The number of anilines is 1. The fraction of sp³-hybridized carbons (Fsp3) is 0.222. The number of carbonyl (C=O) groups excluding carboxylic acids is 2. The van der Waals surface area contributed by atoms with Crippen LogP contribution < -0.4 is 10.1 Å². The van der Waals surface area contributed by atoms with Crippen LogP contribution in [0.5, 0.6) is 5.75 Å². The molecule has 0 radical (unpaired) electrons. The third-order valence-electron chi connectivity index (χ3n) is 3.34. The molecule has 1 heterocycles. The van der Waals surface area contributed by atoms with Crippen LogP contribution in [0.3, 0.4) is 0 Å². The lowest BCUT2D eigenvalue weighted by atomic mass is 10.2. The van der Waals surface area contributed by atoms with Crippen molar-refractivity contribution in [1.82, 2.24) is 4.98 Å². The van der Waals surface area contributed by atoms with Gasteiger partial charge in [0, 0.05) is 6.20 Å². The molecule has 27 heavy (non-hydrogen) atoms. The lowest BCUT2D eigenvalue weighted by Crippen LogP contribution is -2.35. The molecule has 0 fully saturated rings. The zero-order valence-corrected chi connectivity index (χ0v) is 15.9. The molecule has 7 nitrogen and oxygen atoms in total. The highest BCUT2D eigenvalue weighted by atomic mass is 35.5. The SMILES string of the molecule is C[C@H](OC(=O)[C@H](C)Oc1ccc(C#N)cc1)C(=O)Nc1ncc(Cl)cc1Cl. The second-order valence-corrected chi connectivity index (χ2v) is 6.29. The molecule has 1 aromatic heterocycles. The fourth-order valence-corrected chi connectivity index (χ4v) is 2.34. The summed E-state index contributed by atoms with van der Waals surface area (Å²) in [4.78, 5) is 28.2. The summed E-state index contributed by atoms with van der Waals surface area (Å²) in [5.41, 5.74) is 0.470. The van der Waals surface area contributed by atoms with E-state index in [0.29, 0.717) is 16.3 Å². The Morgan fingerprint density at radius 3 is 2.44 bits per heavy atom. The van der Waals surface area contributed by atoms with Crippen molar-refractivity contribution < 1.29 is 19.1 Å². The maximum atomic E-state index is 12.1. The van der Waals surface area contributed by atoms with Crippen LogP contribution in [0.2, 0.25) is 10.0 Å². The molecule has 2 aromatic rings. The minimum absolute atomic E-state index is 0.107. The van der Waals surface area contributed by atoms with Crippen molar-refractivity contribution in [2.75, 3.05) is 5.32 Å². The van der Waals surface area contributed by atoms with E-state index in [-0.39, 0.29) is 10.8 Å². The van der Waals surface area contributed by atoms with E-state index in [4.69, 9.17) is 37.9 Å². The molecular weight excluding hydrogens is 393 g/mol. The standard InChI is InChI=1S/C18H15Cl2N3O4/c1-10(17(24)23-16-15(20)7-13(19)9-22-16)27-18(25)11(2)26-14-5-3-12(8-21)4-6-14/h3-7,9-11H,1-2H3,(H,22,23,24)/t10-,11-/m0/s1. The van der Waals surface area contributed by atoms with E-state index >= 15 is 0 Å². The van der Waals surface area contributed by atoms with Gasteiger partial charge >= 0.3 is 5.97 Å². The largest absolute Gasteiger partial charge is 0.479 e. The maximum absolute atomic E-state index is 12.1. The average Bonchev–Trinajstić information content (AvgIpc) is 2.64.